The summed E-state index contributed by atoms with van der Waals surface area (Å²) in [6, 6.07) is 4.54. The zero-order valence-electron chi connectivity index (χ0n) is 11.3. The van der Waals surface area contributed by atoms with Crippen LogP contribution in [0.5, 0.6) is 0 Å². The summed E-state index contributed by atoms with van der Waals surface area (Å²) in [4.78, 5) is 15.8. The van der Waals surface area contributed by atoms with Crippen molar-refractivity contribution in [2.45, 2.75) is 13.0 Å². The summed E-state index contributed by atoms with van der Waals surface area (Å²) >= 11 is 0. The third-order valence-corrected chi connectivity index (χ3v) is 2.69. The number of aliphatic hydroxyl groups excluding tert-OH is 1. The van der Waals surface area contributed by atoms with Crippen molar-refractivity contribution in [2.75, 3.05) is 13.2 Å². The van der Waals surface area contributed by atoms with Crippen molar-refractivity contribution in [1.82, 2.24) is 20.8 Å². The lowest BCUT2D eigenvalue weighted by atomic mass is 10.1. The van der Waals surface area contributed by atoms with Crippen LogP contribution in [-0.2, 0) is 0 Å². The Morgan fingerprint density at radius 3 is 2.86 bits per heavy atom. The number of nitrogens with one attached hydrogen (secondary N) is 2. The lowest BCUT2D eigenvalue weighted by Gasteiger charge is -2.16. The second kappa shape index (κ2) is 6.80. The minimum atomic E-state index is -0.887. The molecule has 21 heavy (non-hydrogen) atoms. The molecule has 1 heterocycles. The van der Waals surface area contributed by atoms with E-state index in [0.717, 1.165) is 0 Å². The fourth-order valence-electron chi connectivity index (χ4n) is 1.77. The van der Waals surface area contributed by atoms with Gasteiger partial charge in [0.1, 0.15) is 11.9 Å². The number of rotatable bonds is 5. The molecular formula is C13H15FN4O3. The molecule has 0 bridgehead atoms. The number of aliphatic hydroxyl groups is 1. The molecule has 2 aromatic rings. The number of amides is 2. The van der Waals surface area contributed by atoms with E-state index in [2.05, 4.69) is 20.8 Å². The number of aromatic nitrogens is 2. The molecular weight excluding hydrogens is 279 g/mol. The number of hydrogen-bond acceptors (Lipinski definition) is 5. The molecule has 1 aromatic carbocycles. The van der Waals surface area contributed by atoms with Gasteiger partial charge in [-0.1, -0.05) is 23.4 Å². The third kappa shape index (κ3) is 3.76. The highest BCUT2D eigenvalue weighted by atomic mass is 19.1. The molecule has 0 saturated heterocycles. The lowest BCUT2D eigenvalue weighted by molar-refractivity contribution is 0.231. The van der Waals surface area contributed by atoms with Gasteiger partial charge in [-0.15, -0.1) is 0 Å². The predicted molar refractivity (Wildman–Crippen MR) is 70.9 cm³/mol. The number of nitrogens with zero attached hydrogens (tertiary/aromatic N) is 2. The van der Waals surface area contributed by atoms with Gasteiger partial charge in [0.2, 0.25) is 5.89 Å². The molecule has 0 radical (unpaired) electrons. The van der Waals surface area contributed by atoms with Crippen LogP contribution < -0.4 is 10.6 Å². The Hall–Kier alpha value is -2.48. The Labute approximate surface area is 120 Å². The van der Waals surface area contributed by atoms with E-state index >= 15 is 0 Å². The second-order valence-electron chi connectivity index (χ2n) is 4.25. The Balaban J connectivity index is 2.27. The number of aryl methyl sites for hydroxylation is 1. The van der Waals surface area contributed by atoms with Gasteiger partial charge in [-0.05, 0) is 6.07 Å². The third-order valence-electron chi connectivity index (χ3n) is 2.69. The quantitative estimate of drug-likeness (QED) is 0.760. The maximum absolute atomic E-state index is 13.9. The van der Waals surface area contributed by atoms with Gasteiger partial charge in [-0.2, -0.15) is 4.98 Å². The van der Waals surface area contributed by atoms with Gasteiger partial charge in [0.25, 0.3) is 0 Å². The Bertz CT molecular complexity index is 617. The minimum absolute atomic E-state index is 0.0844. The van der Waals surface area contributed by atoms with Crippen LogP contribution >= 0.6 is 0 Å². The highest BCUT2D eigenvalue weighted by molar-refractivity contribution is 5.74. The lowest BCUT2D eigenvalue weighted by Crippen LogP contribution is -2.40. The van der Waals surface area contributed by atoms with Gasteiger partial charge < -0.3 is 20.3 Å². The van der Waals surface area contributed by atoms with Gasteiger partial charge in [-0.25, -0.2) is 9.18 Å². The monoisotopic (exact) mass is 294 g/mol. The first-order valence-electron chi connectivity index (χ1n) is 6.31. The van der Waals surface area contributed by atoms with Crippen LogP contribution in [0.3, 0.4) is 0 Å². The number of hydrogen-bond donors (Lipinski definition) is 3. The first-order valence-corrected chi connectivity index (χ1v) is 6.31. The summed E-state index contributed by atoms with van der Waals surface area (Å²) in [5.41, 5.74) is 0.220. The average Bonchev–Trinajstić information content (AvgIpc) is 2.90. The number of carbonyl (C=O) groups is 1. The minimum Gasteiger partial charge on any atom is -0.395 e. The summed E-state index contributed by atoms with van der Waals surface area (Å²) in [5.74, 6) is -0.0342. The van der Waals surface area contributed by atoms with Crippen molar-refractivity contribution < 1.29 is 18.8 Å². The molecule has 0 spiro atoms. The van der Waals surface area contributed by atoms with Crippen LogP contribution in [0.4, 0.5) is 9.18 Å². The first kappa shape index (κ1) is 14.9. The fourth-order valence-corrected chi connectivity index (χ4v) is 1.77. The molecule has 3 N–H and O–H groups in total. The fraction of sp³-hybridized carbons (Fsp3) is 0.308. The average molecular weight is 294 g/mol. The van der Waals surface area contributed by atoms with Crippen LogP contribution in [0.1, 0.15) is 23.3 Å². The van der Waals surface area contributed by atoms with Crippen LogP contribution in [-0.4, -0.2) is 34.4 Å². The van der Waals surface area contributed by atoms with E-state index < -0.39 is 17.9 Å². The van der Waals surface area contributed by atoms with Gasteiger partial charge in [0.05, 0.1) is 6.61 Å². The molecule has 8 heteroatoms. The molecule has 7 nitrogen and oxygen atoms in total. The number of carbonyl (C=O) groups excluding carboxylic acids is 1. The van der Waals surface area contributed by atoms with Crippen molar-refractivity contribution in [3.8, 4) is 0 Å². The van der Waals surface area contributed by atoms with Crippen molar-refractivity contribution >= 4 is 6.03 Å². The van der Waals surface area contributed by atoms with E-state index in [1.807, 2.05) is 0 Å². The van der Waals surface area contributed by atoms with Crippen molar-refractivity contribution in [3.05, 3.63) is 47.4 Å². The first-order chi connectivity index (χ1) is 10.1. The van der Waals surface area contributed by atoms with E-state index in [-0.39, 0.29) is 24.5 Å². The van der Waals surface area contributed by atoms with Crippen LogP contribution in [0.15, 0.2) is 28.8 Å². The molecule has 1 atom stereocenters. The zero-order chi connectivity index (χ0) is 15.2. The largest absolute Gasteiger partial charge is 0.395 e. The van der Waals surface area contributed by atoms with Crippen LogP contribution in [0.2, 0.25) is 0 Å². The SMILES string of the molecule is Cc1nc(C(NC(=O)NCCO)c2ccccc2F)no1. The maximum Gasteiger partial charge on any atom is 0.315 e. The Morgan fingerprint density at radius 1 is 1.48 bits per heavy atom. The van der Waals surface area contributed by atoms with Gasteiger partial charge in [0, 0.05) is 19.0 Å². The Kier molecular flexibility index (Phi) is 4.83. The highest BCUT2D eigenvalue weighted by Gasteiger charge is 2.24. The maximum atomic E-state index is 13.9. The van der Waals surface area contributed by atoms with Gasteiger partial charge in [-0.3, -0.25) is 0 Å². The summed E-state index contributed by atoms with van der Waals surface area (Å²) in [5, 5.41) is 17.4. The normalized spacial score (nSPS) is 12.0. The van der Waals surface area contributed by atoms with E-state index in [1.54, 1.807) is 19.1 Å². The van der Waals surface area contributed by atoms with Crippen molar-refractivity contribution in [2.24, 2.45) is 0 Å². The molecule has 0 aliphatic heterocycles. The van der Waals surface area contributed by atoms with E-state index in [0.29, 0.717) is 5.89 Å². The molecule has 2 amide bonds. The molecule has 2 rings (SSSR count). The zero-order valence-corrected chi connectivity index (χ0v) is 11.3. The summed E-state index contributed by atoms with van der Waals surface area (Å²) in [7, 11) is 0. The molecule has 112 valence electrons. The predicted octanol–water partition coefficient (Wildman–Crippen LogP) is 0.898. The molecule has 0 fully saturated rings. The number of halogens is 1. The van der Waals surface area contributed by atoms with Crippen molar-refractivity contribution in [3.63, 3.8) is 0 Å². The van der Waals surface area contributed by atoms with E-state index in [1.165, 1.54) is 12.1 Å². The number of benzene rings is 1. The van der Waals surface area contributed by atoms with E-state index in [4.69, 9.17) is 9.63 Å². The summed E-state index contributed by atoms with van der Waals surface area (Å²) < 4.78 is 18.8. The van der Waals surface area contributed by atoms with Crippen molar-refractivity contribution in [1.29, 1.82) is 0 Å². The molecule has 1 aromatic heterocycles. The second-order valence-corrected chi connectivity index (χ2v) is 4.25. The molecule has 0 saturated carbocycles. The smallest absolute Gasteiger partial charge is 0.315 e. The topological polar surface area (TPSA) is 100 Å². The van der Waals surface area contributed by atoms with Crippen LogP contribution in [0, 0.1) is 12.7 Å². The standard InChI is InChI=1S/C13H15FN4O3/c1-8-16-12(18-21-8)11(17-13(20)15-6-7-19)9-4-2-3-5-10(9)14/h2-5,11,19H,6-7H2,1H3,(H2,15,17,20). The van der Waals surface area contributed by atoms with Gasteiger partial charge in [0.15, 0.2) is 5.82 Å². The van der Waals surface area contributed by atoms with E-state index in [9.17, 15) is 9.18 Å². The van der Waals surface area contributed by atoms with Crippen LogP contribution in [0.25, 0.3) is 0 Å². The molecule has 0 aliphatic carbocycles. The molecule has 1 unspecified atom stereocenters. The summed E-state index contributed by atoms with van der Waals surface area (Å²) in [6.45, 7) is 1.49. The Morgan fingerprint density at radius 2 is 2.24 bits per heavy atom. The highest BCUT2D eigenvalue weighted by Crippen LogP contribution is 2.22. The van der Waals surface area contributed by atoms with Gasteiger partial charge >= 0.3 is 6.03 Å². The molecule has 0 aliphatic rings. The number of urea groups is 1. The summed E-state index contributed by atoms with van der Waals surface area (Å²) in [6.07, 6.45) is 0.